The van der Waals surface area contributed by atoms with E-state index in [1.54, 1.807) is 18.3 Å². The van der Waals surface area contributed by atoms with Gasteiger partial charge in [0, 0.05) is 17.3 Å². The minimum absolute atomic E-state index is 0. The minimum atomic E-state index is -3.67. The van der Waals surface area contributed by atoms with Crippen molar-refractivity contribution in [3.8, 4) is 11.4 Å². The van der Waals surface area contributed by atoms with Crippen molar-refractivity contribution in [2.24, 2.45) is 5.14 Å². The maximum atomic E-state index is 11.2. The lowest BCUT2D eigenvalue weighted by Gasteiger charge is -2.03. The maximum Gasteiger partial charge on any atom is 0.238 e. The molecule has 9 heteroatoms. The summed E-state index contributed by atoms with van der Waals surface area (Å²) in [4.78, 5) is 8.77. The fraction of sp³-hybridized carbons (Fsp3) is 0. The van der Waals surface area contributed by atoms with E-state index < -0.39 is 10.0 Å². The van der Waals surface area contributed by atoms with Gasteiger partial charge < -0.3 is 5.32 Å². The third-order valence-electron chi connectivity index (χ3n) is 2.87. The van der Waals surface area contributed by atoms with Gasteiger partial charge in [0.05, 0.1) is 10.6 Å². The number of hydrogen-bond donors (Lipinski definition) is 2. The topological polar surface area (TPSA) is 98.0 Å². The zero-order valence-electron chi connectivity index (χ0n) is 11.7. The molecule has 6 nitrogen and oxygen atoms in total. The number of hydrogen-bond acceptors (Lipinski definition) is 6. The summed E-state index contributed by atoms with van der Waals surface area (Å²) in [7, 11) is -3.67. The first kappa shape index (κ1) is 17.4. The SMILES string of the molecule is Cl.NS(=O)(=O)c1ccc(Nc2nc(-c3ccccn3)cs2)cc1. The summed E-state index contributed by atoms with van der Waals surface area (Å²) in [5.74, 6) is 0. The second kappa shape index (κ2) is 7.05. The first-order valence-corrected chi connectivity index (χ1v) is 8.72. The molecule has 3 N–H and O–H groups in total. The molecule has 0 aliphatic carbocycles. The highest BCUT2D eigenvalue weighted by Crippen LogP contribution is 2.26. The molecule has 0 saturated heterocycles. The van der Waals surface area contributed by atoms with Gasteiger partial charge in [-0.1, -0.05) is 6.07 Å². The number of nitrogens with two attached hydrogens (primary N) is 1. The van der Waals surface area contributed by atoms with Gasteiger partial charge in [-0.05, 0) is 36.4 Å². The molecule has 0 aliphatic heterocycles. The number of halogens is 1. The first-order valence-electron chi connectivity index (χ1n) is 6.29. The fourth-order valence-corrected chi connectivity index (χ4v) is 3.05. The van der Waals surface area contributed by atoms with E-state index in [4.69, 9.17) is 5.14 Å². The molecule has 2 heterocycles. The van der Waals surface area contributed by atoms with Gasteiger partial charge in [0.2, 0.25) is 10.0 Å². The number of benzene rings is 1. The Hall–Kier alpha value is -2.00. The van der Waals surface area contributed by atoms with Crippen molar-refractivity contribution < 1.29 is 8.42 Å². The van der Waals surface area contributed by atoms with Crippen molar-refractivity contribution in [3.05, 3.63) is 54.0 Å². The van der Waals surface area contributed by atoms with Gasteiger partial charge in [-0.15, -0.1) is 23.7 Å². The Morgan fingerprint density at radius 3 is 2.39 bits per heavy atom. The Balaban J connectivity index is 0.00000192. The normalized spacial score (nSPS) is 10.8. The highest BCUT2D eigenvalue weighted by atomic mass is 35.5. The van der Waals surface area contributed by atoms with Crippen molar-refractivity contribution in [2.75, 3.05) is 5.32 Å². The van der Waals surface area contributed by atoms with Gasteiger partial charge in [0.15, 0.2) is 5.13 Å². The Kier molecular flexibility index (Phi) is 5.32. The standard InChI is InChI=1S/C14H12N4O2S2.ClH/c15-22(19,20)11-6-4-10(5-7-11)17-14-18-13(9-21-14)12-3-1-2-8-16-12;/h1-9H,(H,17,18)(H2,15,19,20);1H. The van der Waals surface area contributed by atoms with Crippen LogP contribution in [-0.4, -0.2) is 18.4 Å². The van der Waals surface area contributed by atoms with Crippen LogP contribution in [0.2, 0.25) is 0 Å². The number of rotatable bonds is 4. The van der Waals surface area contributed by atoms with Crippen LogP contribution in [0.1, 0.15) is 0 Å². The van der Waals surface area contributed by atoms with E-state index in [0.717, 1.165) is 17.1 Å². The molecule has 0 spiro atoms. The molecule has 0 aliphatic rings. The summed E-state index contributed by atoms with van der Waals surface area (Å²) >= 11 is 1.44. The van der Waals surface area contributed by atoms with E-state index in [1.165, 1.54) is 23.5 Å². The molecule has 120 valence electrons. The first-order chi connectivity index (χ1) is 10.5. The van der Waals surface area contributed by atoms with E-state index in [0.29, 0.717) is 5.13 Å². The van der Waals surface area contributed by atoms with Gasteiger partial charge in [-0.3, -0.25) is 4.98 Å². The molecule has 0 amide bonds. The molecule has 0 atom stereocenters. The molecule has 3 aromatic rings. The molecule has 0 saturated carbocycles. The Morgan fingerprint density at radius 1 is 1.04 bits per heavy atom. The van der Waals surface area contributed by atoms with Gasteiger partial charge in [0.1, 0.15) is 5.69 Å². The molecule has 2 aromatic heterocycles. The van der Waals surface area contributed by atoms with Gasteiger partial charge >= 0.3 is 0 Å². The lowest BCUT2D eigenvalue weighted by Crippen LogP contribution is -2.11. The number of thiazole rings is 1. The van der Waals surface area contributed by atoms with Crippen LogP contribution in [0.25, 0.3) is 11.4 Å². The van der Waals surface area contributed by atoms with Crippen LogP contribution in [0.4, 0.5) is 10.8 Å². The van der Waals surface area contributed by atoms with Crippen LogP contribution in [-0.2, 0) is 10.0 Å². The molecule has 0 unspecified atom stereocenters. The van der Waals surface area contributed by atoms with E-state index in [-0.39, 0.29) is 17.3 Å². The number of sulfonamides is 1. The third-order valence-corrected chi connectivity index (χ3v) is 4.55. The van der Waals surface area contributed by atoms with E-state index in [9.17, 15) is 8.42 Å². The average molecular weight is 369 g/mol. The molecular weight excluding hydrogens is 356 g/mol. The van der Waals surface area contributed by atoms with Crippen molar-refractivity contribution in [1.29, 1.82) is 0 Å². The predicted molar refractivity (Wildman–Crippen MR) is 93.7 cm³/mol. The highest BCUT2D eigenvalue weighted by Gasteiger charge is 2.08. The highest BCUT2D eigenvalue weighted by molar-refractivity contribution is 7.89. The maximum absolute atomic E-state index is 11.2. The zero-order valence-corrected chi connectivity index (χ0v) is 14.2. The number of nitrogens with one attached hydrogen (secondary N) is 1. The second-order valence-electron chi connectivity index (χ2n) is 4.45. The van der Waals surface area contributed by atoms with Gasteiger partial charge in [-0.25, -0.2) is 18.5 Å². The predicted octanol–water partition coefficient (Wildman–Crippen LogP) is 3.02. The van der Waals surface area contributed by atoms with E-state index in [2.05, 4.69) is 15.3 Å². The summed E-state index contributed by atoms with van der Waals surface area (Å²) in [6, 6.07) is 11.8. The van der Waals surface area contributed by atoms with E-state index in [1.807, 2.05) is 23.6 Å². The summed E-state index contributed by atoms with van der Waals surface area (Å²) in [6.07, 6.45) is 1.72. The largest absolute Gasteiger partial charge is 0.332 e. The lowest BCUT2D eigenvalue weighted by atomic mass is 10.3. The fourth-order valence-electron chi connectivity index (χ4n) is 1.81. The minimum Gasteiger partial charge on any atom is -0.332 e. The second-order valence-corrected chi connectivity index (χ2v) is 6.87. The Morgan fingerprint density at radius 2 is 1.78 bits per heavy atom. The van der Waals surface area contributed by atoms with Crippen molar-refractivity contribution in [3.63, 3.8) is 0 Å². The molecule has 3 rings (SSSR count). The molecule has 0 fully saturated rings. The van der Waals surface area contributed by atoms with Crippen LogP contribution >= 0.6 is 23.7 Å². The third kappa shape index (κ3) is 4.26. The Labute approximate surface area is 143 Å². The summed E-state index contributed by atoms with van der Waals surface area (Å²) in [5, 5.41) is 10.8. The quantitative estimate of drug-likeness (QED) is 0.737. The number of primary sulfonamides is 1. The molecule has 0 radical (unpaired) electrons. The lowest BCUT2D eigenvalue weighted by molar-refractivity contribution is 0.598. The van der Waals surface area contributed by atoms with Gasteiger partial charge in [-0.2, -0.15) is 0 Å². The van der Waals surface area contributed by atoms with Crippen LogP contribution in [0, 0.1) is 0 Å². The number of aromatic nitrogens is 2. The molecule has 23 heavy (non-hydrogen) atoms. The average Bonchev–Trinajstić information content (AvgIpc) is 2.96. The summed E-state index contributed by atoms with van der Waals surface area (Å²) < 4.78 is 22.4. The van der Waals surface area contributed by atoms with Crippen LogP contribution in [0.15, 0.2) is 58.9 Å². The zero-order chi connectivity index (χ0) is 15.6. The van der Waals surface area contributed by atoms with Crippen molar-refractivity contribution >= 4 is 44.6 Å². The summed E-state index contributed by atoms with van der Waals surface area (Å²) in [6.45, 7) is 0. The monoisotopic (exact) mass is 368 g/mol. The number of nitrogens with zero attached hydrogens (tertiary/aromatic N) is 2. The number of anilines is 2. The summed E-state index contributed by atoms with van der Waals surface area (Å²) in [5.41, 5.74) is 2.32. The van der Waals surface area contributed by atoms with Crippen molar-refractivity contribution in [1.82, 2.24) is 9.97 Å². The molecular formula is C14H13ClN4O2S2. The Bertz CT molecular complexity index is 881. The molecule has 0 bridgehead atoms. The number of pyridine rings is 1. The van der Waals surface area contributed by atoms with Crippen LogP contribution < -0.4 is 10.5 Å². The van der Waals surface area contributed by atoms with E-state index >= 15 is 0 Å². The van der Waals surface area contributed by atoms with Crippen LogP contribution in [0.3, 0.4) is 0 Å². The smallest absolute Gasteiger partial charge is 0.238 e. The van der Waals surface area contributed by atoms with Crippen LogP contribution in [0.5, 0.6) is 0 Å². The van der Waals surface area contributed by atoms with Crippen molar-refractivity contribution in [2.45, 2.75) is 4.90 Å². The molecule has 1 aromatic carbocycles. The van der Waals surface area contributed by atoms with Gasteiger partial charge in [0.25, 0.3) is 0 Å².